The van der Waals surface area contributed by atoms with E-state index < -0.39 is 0 Å². The maximum absolute atomic E-state index is 5.43. The van der Waals surface area contributed by atoms with Crippen molar-refractivity contribution in [3.63, 3.8) is 0 Å². The van der Waals surface area contributed by atoms with Crippen molar-refractivity contribution in [2.75, 3.05) is 14.2 Å². The highest BCUT2D eigenvalue weighted by atomic mass is 79.9. The number of alkyl halides is 1. The normalized spacial score (nSPS) is 26.5. The summed E-state index contributed by atoms with van der Waals surface area (Å²) in [6.07, 6.45) is 3.84. The lowest BCUT2D eigenvalue weighted by Gasteiger charge is -2.42. The summed E-state index contributed by atoms with van der Waals surface area (Å²) in [5.74, 6) is 3.19. The molecule has 0 aliphatic heterocycles. The summed E-state index contributed by atoms with van der Waals surface area (Å²) in [5.41, 5.74) is 1.39. The Balaban J connectivity index is 2.34. The van der Waals surface area contributed by atoms with E-state index in [1.165, 1.54) is 24.8 Å². The van der Waals surface area contributed by atoms with Gasteiger partial charge in [-0.1, -0.05) is 43.1 Å². The van der Waals surface area contributed by atoms with Crippen LogP contribution in [0, 0.1) is 11.8 Å². The molecule has 3 unspecified atom stereocenters. The van der Waals surface area contributed by atoms with E-state index in [0.717, 1.165) is 17.4 Å². The van der Waals surface area contributed by atoms with Crippen LogP contribution in [0.1, 0.15) is 45.6 Å². The predicted molar refractivity (Wildman–Crippen MR) is 91.8 cm³/mol. The zero-order chi connectivity index (χ0) is 15.6. The van der Waals surface area contributed by atoms with Crippen LogP contribution in [-0.4, -0.2) is 19.0 Å². The van der Waals surface area contributed by atoms with Gasteiger partial charge in [0.25, 0.3) is 0 Å². The zero-order valence-corrected chi connectivity index (χ0v) is 15.4. The van der Waals surface area contributed by atoms with Crippen molar-refractivity contribution in [1.82, 2.24) is 0 Å². The molecule has 2 rings (SSSR count). The molecule has 0 bridgehead atoms. The van der Waals surface area contributed by atoms with Crippen LogP contribution in [0.25, 0.3) is 0 Å². The lowest BCUT2D eigenvalue weighted by molar-refractivity contribution is 0.213. The number of methoxy groups -OCH3 is 2. The van der Waals surface area contributed by atoms with Crippen LogP contribution in [0.2, 0.25) is 0 Å². The van der Waals surface area contributed by atoms with Crippen LogP contribution >= 0.6 is 15.9 Å². The predicted octanol–water partition coefficient (Wildman–Crippen LogP) is 5.18. The molecular formula is C18H27BrO2. The molecule has 0 spiro atoms. The number of rotatable bonds is 4. The Kier molecular flexibility index (Phi) is 5.24. The molecule has 2 nitrogen and oxygen atoms in total. The third kappa shape index (κ3) is 3.56. The standard InChI is InChI=1S/C18H27BrO2/c1-12-6-7-16(17(19)8-12)18(2,3)13-9-14(20-4)11-15(10-13)21-5/h9-12,16-17H,6-8H2,1-5H3. The quantitative estimate of drug-likeness (QED) is 0.693. The lowest BCUT2D eigenvalue weighted by atomic mass is 9.66. The Morgan fingerprint density at radius 2 is 1.62 bits per heavy atom. The molecular weight excluding hydrogens is 328 g/mol. The van der Waals surface area contributed by atoms with Gasteiger partial charge in [-0.2, -0.15) is 0 Å². The third-order valence-electron chi connectivity index (χ3n) is 5.06. The summed E-state index contributed by atoms with van der Waals surface area (Å²) in [6, 6.07) is 6.24. The van der Waals surface area contributed by atoms with Crippen molar-refractivity contribution in [2.24, 2.45) is 11.8 Å². The maximum atomic E-state index is 5.43. The molecule has 118 valence electrons. The third-order valence-corrected chi connectivity index (χ3v) is 6.07. The molecule has 1 aliphatic rings. The molecule has 3 atom stereocenters. The van der Waals surface area contributed by atoms with E-state index in [2.05, 4.69) is 48.8 Å². The molecule has 0 heterocycles. The smallest absolute Gasteiger partial charge is 0.122 e. The van der Waals surface area contributed by atoms with E-state index in [1.807, 2.05) is 6.07 Å². The number of benzene rings is 1. The number of halogens is 1. The highest BCUT2D eigenvalue weighted by molar-refractivity contribution is 9.09. The molecule has 1 fully saturated rings. The largest absolute Gasteiger partial charge is 0.497 e. The molecule has 0 saturated heterocycles. The van der Waals surface area contributed by atoms with Gasteiger partial charge in [-0.3, -0.25) is 0 Å². The molecule has 1 aromatic rings. The van der Waals surface area contributed by atoms with Gasteiger partial charge < -0.3 is 9.47 Å². The summed E-state index contributed by atoms with van der Waals surface area (Å²) >= 11 is 3.94. The molecule has 21 heavy (non-hydrogen) atoms. The summed E-state index contributed by atoms with van der Waals surface area (Å²) in [4.78, 5) is 0.577. The first-order valence-corrected chi connectivity index (χ1v) is 8.67. The Labute approximate surface area is 137 Å². The first kappa shape index (κ1) is 16.7. The van der Waals surface area contributed by atoms with Gasteiger partial charge in [0, 0.05) is 10.9 Å². The van der Waals surface area contributed by atoms with Gasteiger partial charge in [0.15, 0.2) is 0 Å². The molecule has 1 saturated carbocycles. The molecule has 0 amide bonds. The van der Waals surface area contributed by atoms with Crippen molar-refractivity contribution < 1.29 is 9.47 Å². The topological polar surface area (TPSA) is 18.5 Å². The van der Waals surface area contributed by atoms with Gasteiger partial charge in [0.05, 0.1) is 14.2 Å². The monoisotopic (exact) mass is 354 g/mol. The number of ether oxygens (including phenoxy) is 2. The Morgan fingerprint density at radius 3 is 2.10 bits per heavy atom. The summed E-state index contributed by atoms with van der Waals surface area (Å²) in [5, 5.41) is 0. The molecule has 1 aliphatic carbocycles. The van der Waals surface area contributed by atoms with Gasteiger partial charge >= 0.3 is 0 Å². The first-order chi connectivity index (χ1) is 9.88. The van der Waals surface area contributed by atoms with Crippen molar-refractivity contribution >= 4 is 15.9 Å². The van der Waals surface area contributed by atoms with Crippen LogP contribution < -0.4 is 9.47 Å². The van der Waals surface area contributed by atoms with Gasteiger partial charge in [-0.05, 0) is 47.8 Å². The van der Waals surface area contributed by atoms with Crippen molar-refractivity contribution in [3.8, 4) is 11.5 Å². The molecule has 1 aromatic carbocycles. The van der Waals surface area contributed by atoms with Gasteiger partial charge in [0.1, 0.15) is 11.5 Å². The van der Waals surface area contributed by atoms with Crippen LogP contribution in [0.5, 0.6) is 11.5 Å². The van der Waals surface area contributed by atoms with Crippen molar-refractivity contribution in [1.29, 1.82) is 0 Å². The van der Waals surface area contributed by atoms with E-state index in [1.54, 1.807) is 14.2 Å². The van der Waals surface area contributed by atoms with E-state index in [0.29, 0.717) is 10.7 Å². The van der Waals surface area contributed by atoms with Gasteiger partial charge in [0.2, 0.25) is 0 Å². The SMILES string of the molecule is COc1cc(OC)cc(C(C)(C)C2CCC(C)CC2Br)c1. The summed E-state index contributed by atoms with van der Waals surface area (Å²) < 4.78 is 10.9. The van der Waals surface area contributed by atoms with Gasteiger partial charge in [-0.15, -0.1) is 0 Å². The van der Waals surface area contributed by atoms with Crippen LogP contribution in [0.15, 0.2) is 18.2 Å². The number of hydrogen-bond donors (Lipinski definition) is 0. The minimum atomic E-state index is 0.0934. The Bertz CT molecular complexity index is 462. The second-order valence-corrected chi connectivity index (χ2v) is 8.04. The lowest BCUT2D eigenvalue weighted by Crippen LogP contribution is -2.38. The molecule has 0 radical (unpaired) electrons. The first-order valence-electron chi connectivity index (χ1n) is 7.76. The van der Waals surface area contributed by atoms with E-state index >= 15 is 0 Å². The average Bonchev–Trinajstić information content (AvgIpc) is 2.46. The number of hydrogen-bond acceptors (Lipinski definition) is 2. The fraction of sp³-hybridized carbons (Fsp3) is 0.667. The Morgan fingerprint density at radius 1 is 1.05 bits per heavy atom. The minimum Gasteiger partial charge on any atom is -0.497 e. The fourth-order valence-electron chi connectivity index (χ4n) is 3.52. The van der Waals surface area contributed by atoms with Crippen LogP contribution in [0.3, 0.4) is 0 Å². The summed E-state index contributed by atoms with van der Waals surface area (Å²) in [6.45, 7) is 7.04. The second kappa shape index (κ2) is 6.60. The van der Waals surface area contributed by atoms with Crippen LogP contribution in [-0.2, 0) is 5.41 Å². The maximum Gasteiger partial charge on any atom is 0.122 e. The van der Waals surface area contributed by atoms with Crippen LogP contribution in [0.4, 0.5) is 0 Å². The zero-order valence-electron chi connectivity index (χ0n) is 13.8. The highest BCUT2D eigenvalue weighted by Crippen LogP contribution is 2.46. The minimum absolute atomic E-state index is 0.0934. The van der Waals surface area contributed by atoms with E-state index in [4.69, 9.17) is 9.47 Å². The molecule has 0 aromatic heterocycles. The van der Waals surface area contributed by atoms with E-state index in [-0.39, 0.29) is 5.41 Å². The highest BCUT2D eigenvalue weighted by Gasteiger charge is 2.39. The van der Waals surface area contributed by atoms with Gasteiger partial charge in [-0.25, -0.2) is 0 Å². The molecule has 0 N–H and O–H groups in total. The fourth-order valence-corrected chi connectivity index (χ4v) is 5.08. The second-order valence-electron chi connectivity index (χ2n) is 6.86. The Hall–Kier alpha value is -0.700. The average molecular weight is 355 g/mol. The van der Waals surface area contributed by atoms with Crippen molar-refractivity contribution in [2.45, 2.75) is 50.3 Å². The van der Waals surface area contributed by atoms with E-state index in [9.17, 15) is 0 Å². The summed E-state index contributed by atoms with van der Waals surface area (Å²) in [7, 11) is 3.42. The molecule has 3 heteroatoms. The van der Waals surface area contributed by atoms with Crippen molar-refractivity contribution in [3.05, 3.63) is 23.8 Å².